The van der Waals surface area contributed by atoms with Gasteiger partial charge >= 0.3 is 0 Å². The fraction of sp³-hybridized carbons (Fsp3) is 0.389. The van der Waals surface area contributed by atoms with E-state index in [4.69, 9.17) is 9.15 Å². The number of carbonyl (C=O) groups is 1. The van der Waals surface area contributed by atoms with Crippen molar-refractivity contribution in [3.05, 3.63) is 47.5 Å². The molecule has 0 aliphatic heterocycles. The van der Waals surface area contributed by atoms with Crippen LogP contribution in [0.15, 0.2) is 39.8 Å². The van der Waals surface area contributed by atoms with Crippen molar-refractivity contribution in [2.45, 2.75) is 37.9 Å². The highest BCUT2D eigenvalue weighted by molar-refractivity contribution is 7.89. The number of methoxy groups -OCH3 is 1. The van der Waals surface area contributed by atoms with Gasteiger partial charge in [-0.2, -0.15) is 0 Å². The molecule has 0 saturated heterocycles. The molecule has 2 aromatic rings. The van der Waals surface area contributed by atoms with Gasteiger partial charge in [0.2, 0.25) is 5.09 Å². The van der Waals surface area contributed by atoms with Crippen LogP contribution in [0.3, 0.4) is 0 Å². The van der Waals surface area contributed by atoms with Crippen LogP contribution in [0, 0.1) is 5.82 Å². The molecule has 0 aliphatic carbocycles. The van der Waals surface area contributed by atoms with Crippen molar-refractivity contribution in [1.82, 2.24) is 9.62 Å². The molecule has 0 fully saturated rings. The zero-order chi connectivity index (χ0) is 20.4. The van der Waals surface area contributed by atoms with E-state index >= 15 is 0 Å². The first-order chi connectivity index (χ1) is 12.4. The van der Waals surface area contributed by atoms with E-state index < -0.39 is 27.3 Å². The van der Waals surface area contributed by atoms with Gasteiger partial charge in [-0.25, -0.2) is 17.5 Å². The molecule has 0 saturated carbocycles. The lowest BCUT2D eigenvalue weighted by Gasteiger charge is -2.19. The van der Waals surface area contributed by atoms with Gasteiger partial charge in [0.25, 0.3) is 15.9 Å². The zero-order valence-corrected chi connectivity index (χ0v) is 16.7. The number of nitrogens with one attached hydrogen (secondary N) is 1. The largest absolute Gasteiger partial charge is 0.494 e. The highest BCUT2D eigenvalue weighted by atomic mass is 32.2. The fourth-order valence-electron chi connectivity index (χ4n) is 2.37. The fourth-order valence-corrected chi connectivity index (χ4v) is 3.73. The molecule has 27 heavy (non-hydrogen) atoms. The minimum atomic E-state index is -3.88. The summed E-state index contributed by atoms with van der Waals surface area (Å²) in [6, 6.07) is 6.90. The van der Waals surface area contributed by atoms with Crippen LogP contribution in [0.5, 0.6) is 5.75 Å². The van der Waals surface area contributed by atoms with Crippen molar-refractivity contribution < 1.29 is 26.8 Å². The van der Waals surface area contributed by atoms with E-state index in [2.05, 4.69) is 4.72 Å². The van der Waals surface area contributed by atoms with Gasteiger partial charge in [0.05, 0.1) is 7.11 Å². The summed E-state index contributed by atoms with van der Waals surface area (Å²) in [5, 5.41) is -0.343. The van der Waals surface area contributed by atoms with Crippen molar-refractivity contribution >= 4 is 15.9 Å². The van der Waals surface area contributed by atoms with Crippen LogP contribution in [0.2, 0.25) is 0 Å². The van der Waals surface area contributed by atoms with Crippen LogP contribution in [0.4, 0.5) is 4.39 Å². The Balaban J connectivity index is 2.14. The summed E-state index contributed by atoms with van der Waals surface area (Å²) in [4.78, 5) is 13.8. The quantitative estimate of drug-likeness (QED) is 0.808. The summed E-state index contributed by atoms with van der Waals surface area (Å²) in [5.41, 5.74) is -0.136. The van der Waals surface area contributed by atoms with Gasteiger partial charge in [-0.15, -0.1) is 0 Å². The number of benzene rings is 1. The Hall–Kier alpha value is -2.39. The monoisotopic (exact) mass is 398 g/mol. The second-order valence-corrected chi connectivity index (χ2v) is 8.72. The first-order valence-electron chi connectivity index (χ1n) is 8.14. The predicted octanol–water partition coefficient (Wildman–Crippen LogP) is 2.78. The van der Waals surface area contributed by atoms with Crippen LogP contribution in [0.1, 0.15) is 36.9 Å². The molecule has 1 aromatic heterocycles. The van der Waals surface area contributed by atoms with Crippen molar-refractivity contribution in [3.8, 4) is 5.75 Å². The van der Waals surface area contributed by atoms with Crippen LogP contribution in [0.25, 0.3) is 0 Å². The number of sulfonamides is 1. The number of nitrogens with zero attached hydrogens (tertiary/aromatic N) is 1. The van der Waals surface area contributed by atoms with Gasteiger partial charge in [-0.1, -0.05) is 6.07 Å². The topological polar surface area (TPSA) is 88.8 Å². The molecular formula is C18H23FN2O5S. The lowest BCUT2D eigenvalue weighted by molar-refractivity contribution is 0.0747. The smallest absolute Gasteiger partial charge is 0.289 e. The molecular weight excluding hydrogens is 375 g/mol. The normalized spacial score (nSPS) is 12.1. The van der Waals surface area contributed by atoms with E-state index in [0.717, 1.165) is 0 Å². The molecule has 1 heterocycles. The summed E-state index contributed by atoms with van der Waals surface area (Å²) >= 11 is 0. The van der Waals surface area contributed by atoms with E-state index in [1.165, 1.54) is 43.3 Å². The van der Waals surface area contributed by atoms with E-state index in [9.17, 15) is 17.6 Å². The van der Waals surface area contributed by atoms with E-state index in [-0.39, 0.29) is 23.1 Å². The van der Waals surface area contributed by atoms with Gasteiger partial charge in [0.1, 0.15) is 0 Å². The summed E-state index contributed by atoms with van der Waals surface area (Å²) in [6.07, 6.45) is 0. The van der Waals surface area contributed by atoms with Gasteiger partial charge in [-0.05, 0) is 50.6 Å². The summed E-state index contributed by atoms with van der Waals surface area (Å²) in [7, 11) is -1.01. The standard InChI is InChI=1S/C18H23FN2O5S/c1-18(2,3)20-27(23,24)16-9-8-15(26-16)17(22)21(4)11-12-6-7-14(25-5)13(19)10-12/h6-10,20H,11H2,1-5H3. The molecule has 7 nitrogen and oxygen atoms in total. The van der Waals surface area contributed by atoms with Crippen LogP contribution < -0.4 is 9.46 Å². The third-order valence-corrected chi connectivity index (χ3v) is 5.11. The lowest BCUT2D eigenvalue weighted by atomic mass is 10.1. The number of halogens is 1. The van der Waals surface area contributed by atoms with Crippen molar-refractivity contribution in [3.63, 3.8) is 0 Å². The summed E-state index contributed by atoms with van der Waals surface area (Å²) in [5.74, 6) is -1.07. The minimum Gasteiger partial charge on any atom is -0.494 e. The first kappa shape index (κ1) is 20.9. The Bertz CT molecular complexity index is 931. The van der Waals surface area contributed by atoms with E-state index in [1.54, 1.807) is 26.8 Å². The molecule has 0 unspecified atom stereocenters. The molecule has 1 amide bonds. The Morgan fingerprint density at radius 1 is 1.26 bits per heavy atom. The van der Waals surface area contributed by atoms with Crippen molar-refractivity contribution in [2.75, 3.05) is 14.2 Å². The number of amides is 1. The number of ether oxygens (including phenoxy) is 1. The Labute approximate surface area is 158 Å². The maximum atomic E-state index is 13.8. The number of furan rings is 1. The van der Waals surface area contributed by atoms with Gasteiger partial charge in [0.15, 0.2) is 17.3 Å². The van der Waals surface area contributed by atoms with Gasteiger partial charge in [-0.3, -0.25) is 4.79 Å². The van der Waals surface area contributed by atoms with Crippen LogP contribution in [-0.2, 0) is 16.6 Å². The lowest BCUT2D eigenvalue weighted by Crippen LogP contribution is -2.40. The third kappa shape index (κ3) is 5.30. The number of hydrogen-bond donors (Lipinski definition) is 1. The molecule has 0 aliphatic rings. The zero-order valence-electron chi connectivity index (χ0n) is 15.9. The average molecular weight is 398 g/mol. The third-order valence-electron chi connectivity index (χ3n) is 3.48. The Morgan fingerprint density at radius 3 is 2.48 bits per heavy atom. The van der Waals surface area contributed by atoms with E-state index in [0.29, 0.717) is 5.56 Å². The molecule has 1 aromatic carbocycles. The maximum Gasteiger partial charge on any atom is 0.289 e. The summed E-state index contributed by atoms with van der Waals surface area (Å²) < 4.78 is 50.8. The molecule has 0 radical (unpaired) electrons. The number of carbonyl (C=O) groups excluding carboxylic acids is 1. The highest BCUT2D eigenvalue weighted by Gasteiger charge is 2.27. The Kier molecular flexibility index (Phi) is 5.96. The van der Waals surface area contributed by atoms with Crippen LogP contribution in [-0.4, -0.2) is 38.9 Å². The van der Waals surface area contributed by atoms with E-state index in [1.807, 2.05) is 0 Å². The van der Waals surface area contributed by atoms with Crippen molar-refractivity contribution in [1.29, 1.82) is 0 Å². The maximum absolute atomic E-state index is 13.8. The van der Waals surface area contributed by atoms with Crippen LogP contribution >= 0.6 is 0 Å². The second-order valence-electron chi connectivity index (χ2n) is 7.10. The Morgan fingerprint density at radius 2 is 1.93 bits per heavy atom. The molecule has 9 heteroatoms. The molecule has 0 bridgehead atoms. The SMILES string of the molecule is COc1ccc(CN(C)C(=O)c2ccc(S(=O)(=O)NC(C)(C)C)o2)cc1F. The average Bonchev–Trinajstić information content (AvgIpc) is 3.03. The number of hydrogen-bond acceptors (Lipinski definition) is 5. The molecule has 1 N–H and O–H groups in total. The molecule has 0 spiro atoms. The van der Waals surface area contributed by atoms with Gasteiger partial charge < -0.3 is 14.1 Å². The number of rotatable bonds is 6. The second kappa shape index (κ2) is 7.69. The molecule has 0 atom stereocenters. The van der Waals surface area contributed by atoms with Crippen molar-refractivity contribution in [2.24, 2.45) is 0 Å². The summed E-state index contributed by atoms with van der Waals surface area (Å²) in [6.45, 7) is 5.20. The molecule has 148 valence electrons. The molecule has 2 rings (SSSR count). The minimum absolute atomic E-state index is 0.111. The highest BCUT2D eigenvalue weighted by Crippen LogP contribution is 2.20. The predicted molar refractivity (Wildman–Crippen MR) is 97.5 cm³/mol. The first-order valence-corrected chi connectivity index (χ1v) is 9.63. The van der Waals surface area contributed by atoms with Gasteiger partial charge in [0, 0.05) is 19.1 Å².